The summed E-state index contributed by atoms with van der Waals surface area (Å²) in [7, 11) is 0. The number of nitrogens with one attached hydrogen (secondary N) is 1. The number of nitrogens with zero attached hydrogens (tertiary/aromatic N) is 3. The lowest BCUT2D eigenvalue weighted by atomic mass is 10.2. The van der Waals surface area contributed by atoms with Gasteiger partial charge in [0, 0.05) is 26.2 Å². The Kier molecular flexibility index (Phi) is 5.13. The van der Waals surface area contributed by atoms with Crippen LogP contribution in [0.25, 0.3) is 11.5 Å². The van der Waals surface area contributed by atoms with Crippen LogP contribution >= 0.6 is 11.6 Å². The zero-order valence-electron chi connectivity index (χ0n) is 12.6. The summed E-state index contributed by atoms with van der Waals surface area (Å²) in [5.41, 5.74) is 0.911. The summed E-state index contributed by atoms with van der Waals surface area (Å²) in [6.45, 7) is 4.91. The summed E-state index contributed by atoms with van der Waals surface area (Å²) in [5, 5.41) is 12.9. The van der Waals surface area contributed by atoms with Crippen molar-refractivity contribution in [2.45, 2.75) is 0 Å². The molecule has 2 heterocycles. The van der Waals surface area contributed by atoms with Gasteiger partial charge in [0.1, 0.15) is 6.07 Å². The van der Waals surface area contributed by atoms with Gasteiger partial charge in [0.15, 0.2) is 0 Å². The predicted octanol–water partition coefficient (Wildman–Crippen LogP) is 2.61. The van der Waals surface area contributed by atoms with Gasteiger partial charge in [-0.05, 0) is 12.1 Å². The maximum absolute atomic E-state index is 9.22. The minimum absolute atomic E-state index is 0.238. The number of benzene rings is 1. The van der Waals surface area contributed by atoms with Gasteiger partial charge < -0.3 is 14.5 Å². The fourth-order valence-electron chi connectivity index (χ4n) is 2.42. The highest BCUT2D eigenvalue weighted by Gasteiger charge is 2.16. The van der Waals surface area contributed by atoms with E-state index in [0.717, 1.165) is 32.8 Å². The zero-order chi connectivity index (χ0) is 16.1. The Balaban J connectivity index is 1.67. The maximum atomic E-state index is 9.22. The minimum atomic E-state index is 0.238. The number of rotatable bonds is 5. The number of ether oxygens (including phenoxy) is 1. The van der Waals surface area contributed by atoms with Crippen molar-refractivity contribution in [2.24, 2.45) is 0 Å². The lowest BCUT2D eigenvalue weighted by Gasteiger charge is -2.26. The molecule has 6 nitrogen and oxygen atoms in total. The third kappa shape index (κ3) is 3.82. The van der Waals surface area contributed by atoms with Gasteiger partial charge >= 0.3 is 0 Å². The summed E-state index contributed by atoms with van der Waals surface area (Å²) < 4.78 is 11.0. The Labute approximate surface area is 139 Å². The zero-order valence-corrected chi connectivity index (χ0v) is 13.3. The number of oxazole rings is 1. The van der Waals surface area contributed by atoms with E-state index in [1.165, 1.54) is 0 Å². The fraction of sp³-hybridized carbons (Fsp3) is 0.375. The van der Waals surface area contributed by atoms with Crippen LogP contribution in [0.1, 0.15) is 5.69 Å². The summed E-state index contributed by atoms with van der Waals surface area (Å²) in [6.07, 6.45) is 0. The molecule has 0 radical (unpaired) electrons. The van der Waals surface area contributed by atoms with Crippen molar-refractivity contribution in [1.82, 2.24) is 9.88 Å². The molecule has 1 N–H and O–H groups in total. The molecule has 0 amide bonds. The Morgan fingerprint density at radius 3 is 2.83 bits per heavy atom. The molecule has 0 aliphatic carbocycles. The van der Waals surface area contributed by atoms with E-state index >= 15 is 0 Å². The highest BCUT2D eigenvalue weighted by molar-refractivity contribution is 6.33. The van der Waals surface area contributed by atoms with Gasteiger partial charge in [-0.15, -0.1) is 0 Å². The molecule has 23 heavy (non-hydrogen) atoms. The molecule has 1 saturated heterocycles. The Morgan fingerprint density at radius 1 is 1.30 bits per heavy atom. The van der Waals surface area contributed by atoms with Gasteiger partial charge in [0.05, 0.1) is 23.8 Å². The van der Waals surface area contributed by atoms with Crippen molar-refractivity contribution in [1.29, 1.82) is 5.26 Å². The van der Waals surface area contributed by atoms with Crippen molar-refractivity contribution in [2.75, 3.05) is 44.7 Å². The van der Waals surface area contributed by atoms with Crippen molar-refractivity contribution in [3.05, 3.63) is 35.0 Å². The number of hydrogen-bond donors (Lipinski definition) is 1. The molecular weight excluding hydrogens is 316 g/mol. The monoisotopic (exact) mass is 332 g/mol. The molecular formula is C16H17ClN4O2. The van der Waals surface area contributed by atoms with Crippen molar-refractivity contribution >= 4 is 17.5 Å². The van der Waals surface area contributed by atoms with E-state index in [1.54, 1.807) is 6.07 Å². The quantitative estimate of drug-likeness (QED) is 0.907. The molecule has 1 aromatic carbocycles. The van der Waals surface area contributed by atoms with Crippen LogP contribution in [0.15, 0.2) is 28.7 Å². The van der Waals surface area contributed by atoms with Gasteiger partial charge in [-0.1, -0.05) is 23.7 Å². The normalized spacial score (nSPS) is 15.3. The van der Waals surface area contributed by atoms with Crippen molar-refractivity contribution < 1.29 is 9.15 Å². The number of halogens is 1. The average Bonchev–Trinajstić information content (AvgIpc) is 2.99. The van der Waals surface area contributed by atoms with Crippen LogP contribution < -0.4 is 5.32 Å². The summed E-state index contributed by atoms with van der Waals surface area (Å²) >= 11 is 6.15. The molecule has 1 aliphatic heterocycles. The Bertz CT molecular complexity index is 704. The van der Waals surface area contributed by atoms with E-state index in [0.29, 0.717) is 28.9 Å². The third-order valence-electron chi connectivity index (χ3n) is 3.65. The number of morpholine rings is 1. The minimum Gasteiger partial charge on any atom is -0.419 e. The lowest BCUT2D eigenvalue weighted by molar-refractivity contribution is 0.0398. The third-order valence-corrected chi connectivity index (χ3v) is 3.98. The molecule has 1 aromatic heterocycles. The second-order valence-corrected chi connectivity index (χ2v) is 5.58. The van der Waals surface area contributed by atoms with Crippen LogP contribution in [-0.2, 0) is 4.74 Å². The Morgan fingerprint density at radius 2 is 2.09 bits per heavy atom. The SMILES string of the molecule is N#Cc1nc(-c2ccccc2Cl)oc1NCCN1CCOCC1. The first-order valence-corrected chi connectivity index (χ1v) is 7.85. The van der Waals surface area contributed by atoms with E-state index in [-0.39, 0.29) is 5.69 Å². The molecule has 0 bridgehead atoms. The smallest absolute Gasteiger partial charge is 0.232 e. The van der Waals surface area contributed by atoms with E-state index in [9.17, 15) is 5.26 Å². The molecule has 0 atom stereocenters. The number of aromatic nitrogens is 1. The average molecular weight is 333 g/mol. The van der Waals surface area contributed by atoms with Crippen molar-refractivity contribution in [3.63, 3.8) is 0 Å². The standard InChI is InChI=1S/C16H17ClN4O2/c17-13-4-2-1-3-12(13)15-20-14(11-18)16(23-15)19-5-6-21-7-9-22-10-8-21/h1-4,19H,5-10H2. The fourth-order valence-corrected chi connectivity index (χ4v) is 2.63. The van der Waals surface area contributed by atoms with Gasteiger partial charge in [-0.2, -0.15) is 10.2 Å². The number of hydrogen-bond acceptors (Lipinski definition) is 6. The molecule has 7 heteroatoms. The molecule has 2 aromatic rings. The maximum Gasteiger partial charge on any atom is 0.232 e. The van der Waals surface area contributed by atoms with Crippen molar-refractivity contribution in [3.8, 4) is 17.5 Å². The molecule has 120 valence electrons. The van der Waals surface area contributed by atoms with E-state index in [2.05, 4.69) is 15.2 Å². The molecule has 3 rings (SSSR count). The van der Waals surface area contributed by atoms with Crippen LogP contribution in [-0.4, -0.2) is 49.3 Å². The van der Waals surface area contributed by atoms with Crippen LogP contribution in [0, 0.1) is 11.3 Å². The predicted molar refractivity (Wildman–Crippen MR) is 87.4 cm³/mol. The van der Waals surface area contributed by atoms with E-state index in [1.807, 2.05) is 24.3 Å². The van der Waals surface area contributed by atoms with Gasteiger partial charge in [0.2, 0.25) is 17.5 Å². The van der Waals surface area contributed by atoms with Crippen LogP contribution in [0.2, 0.25) is 5.02 Å². The van der Waals surface area contributed by atoms with Crippen LogP contribution in [0.3, 0.4) is 0 Å². The van der Waals surface area contributed by atoms with E-state index < -0.39 is 0 Å². The first kappa shape index (κ1) is 15.8. The molecule has 0 unspecified atom stereocenters. The lowest BCUT2D eigenvalue weighted by Crippen LogP contribution is -2.39. The second kappa shape index (κ2) is 7.47. The molecule has 1 fully saturated rings. The largest absolute Gasteiger partial charge is 0.419 e. The van der Waals surface area contributed by atoms with Gasteiger partial charge in [-0.3, -0.25) is 4.90 Å². The summed E-state index contributed by atoms with van der Waals surface area (Å²) in [6, 6.07) is 9.31. The second-order valence-electron chi connectivity index (χ2n) is 5.17. The van der Waals surface area contributed by atoms with Crippen LogP contribution in [0.4, 0.5) is 5.88 Å². The van der Waals surface area contributed by atoms with Gasteiger partial charge in [0.25, 0.3) is 0 Å². The summed E-state index contributed by atoms with van der Waals surface area (Å²) in [5.74, 6) is 0.733. The molecule has 0 saturated carbocycles. The molecule has 1 aliphatic rings. The van der Waals surface area contributed by atoms with Crippen LogP contribution in [0.5, 0.6) is 0 Å². The number of nitriles is 1. The topological polar surface area (TPSA) is 74.3 Å². The Hall–Kier alpha value is -2.07. The highest BCUT2D eigenvalue weighted by Crippen LogP contribution is 2.30. The van der Waals surface area contributed by atoms with E-state index in [4.69, 9.17) is 20.8 Å². The van der Waals surface area contributed by atoms with Gasteiger partial charge in [-0.25, -0.2) is 0 Å². The molecule has 0 spiro atoms. The first-order valence-electron chi connectivity index (χ1n) is 7.47. The highest BCUT2D eigenvalue weighted by atomic mass is 35.5. The summed E-state index contributed by atoms with van der Waals surface area (Å²) in [4.78, 5) is 6.52. The number of anilines is 1. The first-order chi connectivity index (χ1) is 11.3.